The molecule has 2 N–H and O–H groups in total. The summed E-state index contributed by atoms with van der Waals surface area (Å²) in [6.07, 6.45) is 4.52. The summed E-state index contributed by atoms with van der Waals surface area (Å²) in [6, 6.07) is 11.3. The highest BCUT2D eigenvalue weighted by Gasteiger charge is 2.23. The highest BCUT2D eigenvalue weighted by atomic mass is 32.2. The molecule has 1 atom stereocenters. The molecule has 0 aromatic heterocycles. The fourth-order valence-corrected chi connectivity index (χ4v) is 4.29. The molecule has 0 saturated heterocycles. The summed E-state index contributed by atoms with van der Waals surface area (Å²) >= 11 is 0. The van der Waals surface area contributed by atoms with Crippen LogP contribution < -0.4 is 14.8 Å². The second-order valence-corrected chi connectivity index (χ2v) is 9.06. The molecule has 1 amide bonds. The summed E-state index contributed by atoms with van der Waals surface area (Å²) in [5, 5.41) is 2.90. The number of aryl methyl sites for hydroxylation is 2. The molecule has 0 fully saturated rings. The molecule has 7 heteroatoms. The normalized spacial score (nSPS) is 16.2. The van der Waals surface area contributed by atoms with E-state index in [0.717, 1.165) is 36.8 Å². The molecule has 2 aromatic rings. The third-order valence-electron chi connectivity index (χ3n) is 5.04. The first kappa shape index (κ1) is 20.2. The third kappa shape index (κ3) is 5.04. The quantitative estimate of drug-likeness (QED) is 0.769. The molecule has 2 aromatic carbocycles. The molecule has 0 radical (unpaired) electrons. The van der Waals surface area contributed by atoms with E-state index < -0.39 is 10.0 Å². The van der Waals surface area contributed by atoms with Gasteiger partial charge in [0.15, 0.2) is 0 Å². The number of carbonyl (C=O) groups is 1. The van der Waals surface area contributed by atoms with Crippen molar-refractivity contribution in [3.63, 3.8) is 0 Å². The van der Waals surface area contributed by atoms with Crippen LogP contribution in [0.15, 0.2) is 36.4 Å². The van der Waals surface area contributed by atoms with Gasteiger partial charge in [0, 0.05) is 12.1 Å². The van der Waals surface area contributed by atoms with Gasteiger partial charge in [-0.3, -0.25) is 9.52 Å². The number of methoxy groups -OCH3 is 1. The molecule has 6 nitrogen and oxygen atoms in total. The van der Waals surface area contributed by atoms with Crippen molar-refractivity contribution in [2.45, 2.75) is 38.5 Å². The van der Waals surface area contributed by atoms with Crippen LogP contribution in [0.25, 0.3) is 0 Å². The van der Waals surface area contributed by atoms with E-state index in [-0.39, 0.29) is 11.8 Å². The zero-order valence-corrected chi connectivity index (χ0v) is 17.2. The van der Waals surface area contributed by atoms with Gasteiger partial charge in [0.2, 0.25) is 15.9 Å². The first-order valence-electron chi connectivity index (χ1n) is 9.30. The Kier molecular flexibility index (Phi) is 5.93. The van der Waals surface area contributed by atoms with Crippen LogP contribution >= 0.6 is 0 Å². The van der Waals surface area contributed by atoms with Crippen LogP contribution in [0.5, 0.6) is 5.75 Å². The summed E-state index contributed by atoms with van der Waals surface area (Å²) in [5.74, 6) is 0.936. The molecule has 0 spiro atoms. The summed E-state index contributed by atoms with van der Waals surface area (Å²) < 4.78 is 30.8. The van der Waals surface area contributed by atoms with Gasteiger partial charge in [-0.05, 0) is 73.1 Å². The van der Waals surface area contributed by atoms with E-state index in [1.807, 2.05) is 13.0 Å². The van der Waals surface area contributed by atoms with Gasteiger partial charge in [-0.25, -0.2) is 8.42 Å². The lowest BCUT2D eigenvalue weighted by molar-refractivity contribution is -0.116. The molecule has 0 heterocycles. The molecule has 1 aliphatic rings. The number of rotatable bonds is 6. The zero-order chi connectivity index (χ0) is 20.3. The van der Waals surface area contributed by atoms with Crippen LogP contribution in [0, 0.1) is 6.92 Å². The van der Waals surface area contributed by atoms with Crippen LogP contribution in [0.4, 0.5) is 11.4 Å². The van der Waals surface area contributed by atoms with E-state index in [2.05, 4.69) is 22.2 Å². The van der Waals surface area contributed by atoms with E-state index in [0.29, 0.717) is 17.8 Å². The number of fused-ring (bicyclic) bond motifs is 1. The Bertz CT molecular complexity index is 986. The average molecular weight is 403 g/mol. The lowest BCUT2D eigenvalue weighted by Gasteiger charge is -2.25. The Balaban J connectivity index is 1.71. The second-order valence-electron chi connectivity index (χ2n) is 7.31. The average Bonchev–Trinajstić information content (AvgIpc) is 2.63. The molecule has 0 bridgehead atoms. The molecule has 3 rings (SSSR count). The van der Waals surface area contributed by atoms with E-state index >= 15 is 0 Å². The second kappa shape index (κ2) is 8.22. The maximum absolute atomic E-state index is 12.6. The van der Waals surface area contributed by atoms with Crippen LogP contribution in [0.1, 0.15) is 41.9 Å². The number of amides is 1. The summed E-state index contributed by atoms with van der Waals surface area (Å²) in [4.78, 5) is 12.6. The van der Waals surface area contributed by atoms with Crippen LogP contribution in [-0.4, -0.2) is 27.7 Å². The highest BCUT2D eigenvalue weighted by Crippen LogP contribution is 2.36. The number of benzene rings is 2. The fraction of sp³-hybridized carbons (Fsp3) is 0.381. The molecule has 0 saturated carbocycles. The van der Waals surface area contributed by atoms with Crippen molar-refractivity contribution in [3.8, 4) is 5.75 Å². The Hall–Kier alpha value is -2.54. The van der Waals surface area contributed by atoms with Gasteiger partial charge in [-0.2, -0.15) is 0 Å². The van der Waals surface area contributed by atoms with Gasteiger partial charge in [-0.1, -0.05) is 12.1 Å². The Labute approximate surface area is 166 Å². The van der Waals surface area contributed by atoms with Gasteiger partial charge in [-0.15, -0.1) is 0 Å². The van der Waals surface area contributed by atoms with Gasteiger partial charge in [0.05, 0.1) is 19.1 Å². The fourth-order valence-electron chi connectivity index (χ4n) is 3.68. The number of hydrogen-bond donors (Lipinski definition) is 2. The van der Waals surface area contributed by atoms with Crippen molar-refractivity contribution in [2.24, 2.45) is 0 Å². The minimum absolute atomic E-state index is 0.0807. The van der Waals surface area contributed by atoms with Crippen LogP contribution in [0.2, 0.25) is 0 Å². The maximum atomic E-state index is 12.6. The highest BCUT2D eigenvalue weighted by molar-refractivity contribution is 7.92. The van der Waals surface area contributed by atoms with Crippen LogP contribution in [-0.2, 0) is 21.2 Å². The van der Waals surface area contributed by atoms with Gasteiger partial charge in [0.1, 0.15) is 5.75 Å². The minimum atomic E-state index is -3.38. The Morgan fingerprint density at radius 1 is 1.21 bits per heavy atom. The van der Waals surface area contributed by atoms with Crippen molar-refractivity contribution in [3.05, 3.63) is 53.1 Å². The van der Waals surface area contributed by atoms with Gasteiger partial charge in [0.25, 0.3) is 0 Å². The number of hydrogen-bond acceptors (Lipinski definition) is 4. The topological polar surface area (TPSA) is 84.5 Å². The molecule has 0 aliphatic heterocycles. The Morgan fingerprint density at radius 2 is 2.00 bits per heavy atom. The van der Waals surface area contributed by atoms with Gasteiger partial charge < -0.3 is 10.1 Å². The van der Waals surface area contributed by atoms with Crippen molar-refractivity contribution >= 4 is 27.3 Å². The van der Waals surface area contributed by atoms with Crippen LogP contribution in [0.3, 0.4) is 0 Å². The van der Waals surface area contributed by atoms with E-state index in [9.17, 15) is 13.2 Å². The third-order valence-corrected chi connectivity index (χ3v) is 5.63. The number of nitrogens with one attached hydrogen (secondary N) is 2. The monoisotopic (exact) mass is 402 g/mol. The SMILES string of the molecule is COc1ccc2c(c1)CCCC2CC(=O)Nc1ccc(C)c(NS(C)(=O)=O)c1. The Morgan fingerprint density at radius 3 is 2.71 bits per heavy atom. The molecule has 1 unspecified atom stereocenters. The number of ether oxygens (including phenoxy) is 1. The molecular weight excluding hydrogens is 376 g/mol. The molecule has 28 heavy (non-hydrogen) atoms. The molecule has 150 valence electrons. The van der Waals surface area contributed by atoms with Crippen molar-refractivity contribution < 1.29 is 17.9 Å². The summed E-state index contributed by atoms with van der Waals surface area (Å²) in [7, 11) is -1.72. The lowest BCUT2D eigenvalue weighted by Crippen LogP contribution is -2.19. The predicted molar refractivity (Wildman–Crippen MR) is 112 cm³/mol. The van der Waals surface area contributed by atoms with E-state index in [1.54, 1.807) is 25.3 Å². The summed E-state index contributed by atoms with van der Waals surface area (Å²) in [6.45, 7) is 1.81. The standard InChI is InChI=1S/C21H26N2O4S/c1-14-7-8-17(13-20(14)23-28(3,25)26)22-21(24)12-16-6-4-5-15-11-18(27-2)9-10-19(15)16/h7-11,13,16,23H,4-6,12H2,1-3H3,(H,22,24). The predicted octanol–water partition coefficient (Wildman–Crippen LogP) is 3.82. The number of sulfonamides is 1. The largest absolute Gasteiger partial charge is 0.497 e. The molecule has 1 aliphatic carbocycles. The van der Waals surface area contributed by atoms with Crippen molar-refractivity contribution in [2.75, 3.05) is 23.4 Å². The van der Waals surface area contributed by atoms with Crippen molar-refractivity contribution in [1.29, 1.82) is 0 Å². The first-order valence-corrected chi connectivity index (χ1v) is 11.2. The van der Waals surface area contributed by atoms with Gasteiger partial charge >= 0.3 is 0 Å². The molecular formula is C21H26N2O4S. The summed E-state index contributed by atoms with van der Waals surface area (Å²) in [5.41, 5.74) is 4.30. The zero-order valence-electron chi connectivity index (χ0n) is 16.4. The maximum Gasteiger partial charge on any atom is 0.229 e. The number of carbonyl (C=O) groups excluding carboxylic acids is 1. The lowest BCUT2D eigenvalue weighted by atomic mass is 9.81. The smallest absolute Gasteiger partial charge is 0.229 e. The first-order chi connectivity index (χ1) is 13.2. The minimum Gasteiger partial charge on any atom is -0.497 e. The van der Waals surface area contributed by atoms with E-state index in [1.165, 1.54) is 11.1 Å². The van der Waals surface area contributed by atoms with E-state index in [4.69, 9.17) is 4.74 Å². The van der Waals surface area contributed by atoms with Crippen molar-refractivity contribution in [1.82, 2.24) is 0 Å². The number of anilines is 2.